The summed E-state index contributed by atoms with van der Waals surface area (Å²) in [5.41, 5.74) is 8.51. The van der Waals surface area contributed by atoms with E-state index in [1.165, 1.54) is 17.6 Å². The van der Waals surface area contributed by atoms with Gasteiger partial charge in [0.05, 0.1) is 18.1 Å². The summed E-state index contributed by atoms with van der Waals surface area (Å²) in [5, 5.41) is 3.47. The number of benzene rings is 1. The van der Waals surface area contributed by atoms with Crippen LogP contribution < -0.4 is 15.8 Å². The van der Waals surface area contributed by atoms with Crippen molar-refractivity contribution in [2.45, 2.75) is 32.3 Å². The lowest BCUT2D eigenvalue weighted by atomic mass is 9.86. The van der Waals surface area contributed by atoms with E-state index < -0.39 is 0 Å². The van der Waals surface area contributed by atoms with Gasteiger partial charge in [-0.25, -0.2) is 0 Å². The number of ether oxygens (including phenoxy) is 1. The highest BCUT2D eigenvalue weighted by atomic mass is 32.1. The molecule has 1 amide bonds. The summed E-state index contributed by atoms with van der Waals surface area (Å²) in [4.78, 5) is 25.4. The molecule has 0 bridgehead atoms. The predicted molar refractivity (Wildman–Crippen MR) is 108 cm³/mol. The predicted octanol–water partition coefficient (Wildman–Crippen LogP) is 4.42. The number of carbonyl (C=O) groups is 2. The number of rotatable bonds is 5. The van der Waals surface area contributed by atoms with Crippen molar-refractivity contribution in [3.8, 4) is 5.75 Å². The van der Waals surface area contributed by atoms with Gasteiger partial charge in [0.25, 0.3) is 0 Å². The van der Waals surface area contributed by atoms with E-state index in [4.69, 9.17) is 14.9 Å². The molecule has 0 fully saturated rings. The second kappa shape index (κ2) is 7.16. The third kappa shape index (κ3) is 3.29. The fourth-order valence-electron chi connectivity index (χ4n) is 3.38. The zero-order chi connectivity index (χ0) is 19.8. The lowest BCUT2D eigenvalue weighted by molar-refractivity contribution is -0.116. The molecule has 144 valence electrons. The van der Waals surface area contributed by atoms with Crippen molar-refractivity contribution in [2.24, 2.45) is 0 Å². The number of fused-ring (bicyclic) bond motifs is 1. The number of hydrogen-bond acceptors (Lipinski definition) is 6. The normalized spacial score (nSPS) is 16.0. The molecule has 3 N–H and O–H groups in total. The van der Waals surface area contributed by atoms with E-state index in [0.717, 1.165) is 16.9 Å². The number of anilines is 2. The van der Waals surface area contributed by atoms with Gasteiger partial charge in [-0.1, -0.05) is 12.1 Å². The highest BCUT2D eigenvalue weighted by Gasteiger charge is 2.34. The first-order chi connectivity index (χ1) is 13.4. The zero-order valence-electron chi connectivity index (χ0n) is 15.5. The van der Waals surface area contributed by atoms with Crippen LogP contribution in [-0.2, 0) is 4.79 Å². The molecule has 28 heavy (non-hydrogen) atoms. The molecule has 1 aliphatic heterocycles. The van der Waals surface area contributed by atoms with Gasteiger partial charge in [-0.05, 0) is 43.7 Å². The molecule has 3 heterocycles. The van der Waals surface area contributed by atoms with Gasteiger partial charge < -0.3 is 20.2 Å². The number of ketones is 1. The number of nitrogens with one attached hydrogen (secondary N) is 1. The van der Waals surface area contributed by atoms with Crippen LogP contribution in [-0.4, -0.2) is 17.8 Å². The minimum absolute atomic E-state index is 0.0839. The maximum Gasteiger partial charge on any atom is 0.240 e. The van der Waals surface area contributed by atoms with Gasteiger partial charge in [0, 0.05) is 17.9 Å². The van der Waals surface area contributed by atoms with Gasteiger partial charge in [-0.15, -0.1) is 11.3 Å². The van der Waals surface area contributed by atoms with Crippen molar-refractivity contribution in [1.29, 1.82) is 0 Å². The summed E-state index contributed by atoms with van der Waals surface area (Å²) in [5.74, 6) is 0.398. The quantitative estimate of drug-likeness (QED) is 0.623. The minimum atomic E-state index is -0.282. The van der Waals surface area contributed by atoms with Crippen LogP contribution in [0.2, 0.25) is 0 Å². The highest BCUT2D eigenvalue weighted by Crippen LogP contribution is 2.47. The molecule has 0 saturated carbocycles. The lowest BCUT2D eigenvalue weighted by Crippen LogP contribution is -2.22. The van der Waals surface area contributed by atoms with E-state index in [1.54, 1.807) is 12.1 Å². The van der Waals surface area contributed by atoms with Gasteiger partial charge in [0.1, 0.15) is 15.6 Å². The van der Waals surface area contributed by atoms with Crippen molar-refractivity contribution in [3.63, 3.8) is 0 Å². The number of nitrogens with two attached hydrogens (primary N) is 1. The maximum absolute atomic E-state index is 12.7. The molecule has 6 nitrogen and oxygen atoms in total. The van der Waals surface area contributed by atoms with Crippen molar-refractivity contribution >= 4 is 33.7 Å². The summed E-state index contributed by atoms with van der Waals surface area (Å²) >= 11 is 1.19. The summed E-state index contributed by atoms with van der Waals surface area (Å²) in [7, 11) is 0. The Bertz CT molecular complexity index is 1020. The van der Waals surface area contributed by atoms with E-state index in [1.807, 2.05) is 38.1 Å². The van der Waals surface area contributed by atoms with E-state index in [9.17, 15) is 9.59 Å². The average molecular weight is 396 g/mol. The largest absolute Gasteiger partial charge is 0.491 e. The van der Waals surface area contributed by atoms with Crippen LogP contribution in [0.5, 0.6) is 5.75 Å². The molecule has 1 atom stereocenters. The lowest BCUT2D eigenvalue weighted by Gasteiger charge is -2.24. The molecule has 1 aliphatic rings. The summed E-state index contributed by atoms with van der Waals surface area (Å²) in [6, 6.07) is 10.9. The van der Waals surface area contributed by atoms with E-state index in [2.05, 4.69) is 5.32 Å². The molecule has 7 heteroatoms. The fraction of sp³-hybridized carbons (Fsp3) is 0.238. The number of nitrogen functional groups attached to an aromatic ring is 1. The third-order valence-corrected chi connectivity index (χ3v) is 5.72. The Kier molecular flexibility index (Phi) is 4.68. The van der Waals surface area contributed by atoms with Crippen LogP contribution in [0.4, 0.5) is 10.7 Å². The molecule has 0 radical (unpaired) electrons. The number of hydrogen-bond donors (Lipinski definition) is 2. The molecule has 3 aromatic rings. The van der Waals surface area contributed by atoms with Crippen LogP contribution in [0, 0.1) is 0 Å². The number of thiophene rings is 1. The molecule has 4 rings (SSSR count). The third-order valence-electron chi connectivity index (χ3n) is 4.58. The zero-order valence-corrected chi connectivity index (χ0v) is 16.3. The number of furan rings is 1. The Balaban J connectivity index is 1.72. The first-order valence-corrected chi connectivity index (χ1v) is 9.82. The van der Waals surface area contributed by atoms with Crippen LogP contribution in [0.1, 0.15) is 52.7 Å². The van der Waals surface area contributed by atoms with Crippen LogP contribution in [0.15, 0.2) is 47.1 Å². The van der Waals surface area contributed by atoms with Crippen LogP contribution in [0.3, 0.4) is 0 Å². The van der Waals surface area contributed by atoms with Crippen LogP contribution >= 0.6 is 11.3 Å². The SMILES string of the molecule is CC(C)Oc1ccc([C@H]2CC(=O)Nc3sc(C(=O)c4ccco4)c(N)c32)cc1. The van der Waals surface area contributed by atoms with Crippen molar-refractivity contribution in [1.82, 2.24) is 0 Å². The second-order valence-electron chi connectivity index (χ2n) is 6.93. The van der Waals surface area contributed by atoms with Gasteiger partial charge >= 0.3 is 0 Å². The standard InChI is InChI=1S/C21H20N2O4S/c1-11(2)27-13-7-5-12(6-8-13)14-10-16(24)23-21-17(14)18(22)20(28-21)19(25)15-4-3-9-26-15/h3-9,11,14H,10,22H2,1-2H3,(H,23,24)/t14-/m1/s1. The Labute approximate surface area is 166 Å². The van der Waals surface area contributed by atoms with Crippen molar-refractivity contribution in [3.05, 3.63) is 64.4 Å². The Morgan fingerprint density at radius 1 is 1.29 bits per heavy atom. The van der Waals surface area contributed by atoms with Gasteiger partial charge in [0.2, 0.25) is 11.7 Å². The molecule has 0 spiro atoms. The monoisotopic (exact) mass is 396 g/mol. The summed E-state index contributed by atoms with van der Waals surface area (Å²) in [6.45, 7) is 3.94. The number of carbonyl (C=O) groups excluding carboxylic acids is 2. The molecular formula is C21H20N2O4S. The topological polar surface area (TPSA) is 94.6 Å². The summed E-state index contributed by atoms with van der Waals surface area (Å²) < 4.78 is 10.9. The maximum atomic E-state index is 12.7. The van der Waals surface area contributed by atoms with Gasteiger partial charge in [-0.3, -0.25) is 9.59 Å². The minimum Gasteiger partial charge on any atom is -0.491 e. The second-order valence-corrected chi connectivity index (χ2v) is 7.96. The Morgan fingerprint density at radius 3 is 2.68 bits per heavy atom. The molecule has 0 unspecified atom stereocenters. The number of amides is 1. The molecule has 0 saturated heterocycles. The molecule has 1 aromatic carbocycles. The summed E-state index contributed by atoms with van der Waals surface area (Å²) in [6.07, 6.45) is 1.80. The highest BCUT2D eigenvalue weighted by molar-refractivity contribution is 7.19. The first-order valence-electron chi connectivity index (χ1n) is 9.01. The van der Waals surface area contributed by atoms with Crippen LogP contribution in [0.25, 0.3) is 0 Å². The van der Waals surface area contributed by atoms with E-state index in [0.29, 0.717) is 15.6 Å². The fourth-order valence-corrected chi connectivity index (χ4v) is 4.53. The molecule has 2 aromatic heterocycles. The average Bonchev–Trinajstić information content (AvgIpc) is 3.29. The van der Waals surface area contributed by atoms with E-state index >= 15 is 0 Å². The smallest absolute Gasteiger partial charge is 0.240 e. The first kappa shape index (κ1) is 18.3. The molecule has 0 aliphatic carbocycles. The van der Waals surface area contributed by atoms with Crippen molar-refractivity contribution in [2.75, 3.05) is 11.1 Å². The Morgan fingerprint density at radius 2 is 2.04 bits per heavy atom. The van der Waals surface area contributed by atoms with Gasteiger partial charge in [-0.2, -0.15) is 0 Å². The molecular weight excluding hydrogens is 376 g/mol. The van der Waals surface area contributed by atoms with E-state index in [-0.39, 0.29) is 35.9 Å². The van der Waals surface area contributed by atoms with Crippen molar-refractivity contribution < 1.29 is 18.7 Å². The Hall–Kier alpha value is -3.06. The van der Waals surface area contributed by atoms with Gasteiger partial charge in [0.15, 0.2) is 5.76 Å².